The fraction of sp³-hybridized carbons (Fsp3) is 0.184. The maximum absolute atomic E-state index is 14.0. The summed E-state index contributed by atoms with van der Waals surface area (Å²) in [7, 11) is 0. The monoisotopic (exact) mass is 632 g/mol. The summed E-state index contributed by atoms with van der Waals surface area (Å²) in [4.78, 5) is 48.2. The van der Waals surface area contributed by atoms with Gasteiger partial charge < -0.3 is 10.6 Å². The van der Waals surface area contributed by atoms with Crippen molar-refractivity contribution in [2.24, 2.45) is 5.92 Å². The van der Waals surface area contributed by atoms with Gasteiger partial charge in [0.2, 0.25) is 11.8 Å². The maximum Gasteiger partial charge on any atom is 0.243 e. The van der Waals surface area contributed by atoms with Gasteiger partial charge in [0.05, 0.1) is 51.9 Å². The van der Waals surface area contributed by atoms with Crippen LogP contribution in [-0.2, 0) is 9.59 Å². The highest BCUT2D eigenvalue weighted by Gasteiger charge is 2.39. The highest BCUT2D eigenvalue weighted by Crippen LogP contribution is 2.27. The minimum absolute atomic E-state index is 0.416. The number of benzene rings is 4. The summed E-state index contributed by atoms with van der Waals surface area (Å²) in [5, 5.41) is 16.2. The Morgan fingerprint density at radius 2 is 1.15 bits per heavy atom. The summed E-state index contributed by atoms with van der Waals surface area (Å²) in [6.45, 7) is 1.23. The van der Waals surface area contributed by atoms with E-state index in [1.807, 2.05) is 83.8 Å². The average molecular weight is 633 g/mol. The Bertz CT molecular complexity index is 2170. The van der Waals surface area contributed by atoms with Gasteiger partial charge in [-0.2, -0.15) is 5.26 Å². The van der Waals surface area contributed by atoms with Crippen molar-refractivity contribution in [3.05, 3.63) is 109 Å². The first kappa shape index (κ1) is 30.6. The van der Waals surface area contributed by atoms with Crippen LogP contribution >= 0.6 is 0 Å². The first-order valence-corrected chi connectivity index (χ1v) is 16.0. The average Bonchev–Trinajstić information content (AvgIpc) is 3.13. The Labute approximate surface area is 277 Å². The van der Waals surface area contributed by atoms with E-state index in [0.717, 1.165) is 52.5 Å². The van der Waals surface area contributed by atoms with Gasteiger partial charge in [0.1, 0.15) is 12.0 Å². The molecule has 2 N–H and O–H groups in total. The van der Waals surface area contributed by atoms with E-state index < -0.39 is 23.8 Å². The number of nitriles is 1. The van der Waals surface area contributed by atoms with E-state index >= 15 is 0 Å². The van der Waals surface area contributed by atoms with Crippen LogP contribution in [-0.4, -0.2) is 55.8 Å². The molecule has 10 nitrogen and oxygen atoms in total. The molecule has 4 aromatic carbocycles. The minimum Gasteiger partial charge on any atom is -0.325 e. The SMILES string of the molecule is N#CC(C(=O)Nc1cccc(-c2cnc3ccccc3n2)c1)C(C(=O)Nc1cccc(-c2cnc3ccccc3n2)c1)N1CCCCC1. The maximum atomic E-state index is 14.0. The van der Waals surface area contributed by atoms with Gasteiger partial charge >= 0.3 is 0 Å². The van der Waals surface area contributed by atoms with Crippen LogP contribution < -0.4 is 10.6 Å². The van der Waals surface area contributed by atoms with Crippen molar-refractivity contribution >= 4 is 45.3 Å². The molecular formula is C38H32N8O2. The van der Waals surface area contributed by atoms with Crippen LogP contribution in [0, 0.1) is 17.2 Å². The van der Waals surface area contributed by atoms with Crippen molar-refractivity contribution in [2.75, 3.05) is 23.7 Å². The Morgan fingerprint density at radius 1 is 0.646 bits per heavy atom. The lowest BCUT2D eigenvalue weighted by molar-refractivity contribution is -0.129. The molecule has 1 aliphatic rings. The Morgan fingerprint density at radius 3 is 1.67 bits per heavy atom. The second-order valence-corrected chi connectivity index (χ2v) is 11.8. The zero-order chi connectivity index (χ0) is 32.9. The molecule has 1 fully saturated rings. The molecule has 2 amide bonds. The molecule has 0 bridgehead atoms. The summed E-state index contributed by atoms with van der Waals surface area (Å²) in [6, 6.07) is 31.0. The smallest absolute Gasteiger partial charge is 0.243 e. The molecule has 2 atom stereocenters. The number of hydrogen-bond acceptors (Lipinski definition) is 8. The van der Waals surface area contributed by atoms with Crippen LogP contribution in [0.3, 0.4) is 0 Å². The summed E-state index contributed by atoms with van der Waals surface area (Å²) in [5.41, 5.74) is 7.03. The number of amides is 2. The lowest BCUT2D eigenvalue weighted by Gasteiger charge is -2.35. The molecule has 0 aliphatic carbocycles. The summed E-state index contributed by atoms with van der Waals surface area (Å²) < 4.78 is 0. The number of piperidine rings is 1. The van der Waals surface area contributed by atoms with Crippen LogP contribution in [0.5, 0.6) is 0 Å². The number of nitrogens with one attached hydrogen (secondary N) is 2. The van der Waals surface area contributed by atoms with Gasteiger partial charge in [0, 0.05) is 22.5 Å². The number of fused-ring (bicyclic) bond motifs is 2. The topological polar surface area (TPSA) is 137 Å². The number of likely N-dealkylation sites (tertiary alicyclic amines) is 1. The van der Waals surface area contributed by atoms with Crippen LogP contribution in [0.2, 0.25) is 0 Å². The van der Waals surface area contributed by atoms with E-state index in [-0.39, 0.29) is 0 Å². The number of carbonyl (C=O) groups is 2. The van der Waals surface area contributed by atoms with Gasteiger partial charge in [-0.05, 0) is 74.5 Å². The van der Waals surface area contributed by atoms with Crippen molar-refractivity contribution in [1.82, 2.24) is 24.8 Å². The van der Waals surface area contributed by atoms with E-state index in [9.17, 15) is 14.9 Å². The minimum atomic E-state index is -1.26. The third-order valence-electron chi connectivity index (χ3n) is 8.54. The highest BCUT2D eigenvalue weighted by molar-refractivity contribution is 6.03. The number of carbonyl (C=O) groups excluding carboxylic acids is 2. The zero-order valence-corrected chi connectivity index (χ0v) is 26.1. The van der Waals surface area contributed by atoms with Crippen molar-refractivity contribution in [3.63, 3.8) is 0 Å². The molecule has 6 aromatic rings. The molecule has 1 saturated heterocycles. The van der Waals surface area contributed by atoms with E-state index in [2.05, 4.69) is 26.7 Å². The fourth-order valence-electron chi connectivity index (χ4n) is 6.14. The zero-order valence-electron chi connectivity index (χ0n) is 26.1. The van der Waals surface area contributed by atoms with Crippen molar-refractivity contribution in [1.29, 1.82) is 5.26 Å². The molecule has 0 saturated carbocycles. The van der Waals surface area contributed by atoms with E-state index in [0.29, 0.717) is 35.9 Å². The fourth-order valence-corrected chi connectivity index (χ4v) is 6.14. The predicted molar refractivity (Wildman–Crippen MR) is 186 cm³/mol. The predicted octanol–water partition coefficient (Wildman–Crippen LogP) is 6.48. The highest BCUT2D eigenvalue weighted by atomic mass is 16.2. The Hall–Kier alpha value is -6.05. The van der Waals surface area contributed by atoms with Crippen molar-refractivity contribution in [2.45, 2.75) is 25.3 Å². The number of hydrogen-bond donors (Lipinski definition) is 2. The van der Waals surface area contributed by atoms with Gasteiger partial charge in [-0.1, -0.05) is 55.0 Å². The van der Waals surface area contributed by atoms with Crippen LogP contribution in [0.4, 0.5) is 11.4 Å². The van der Waals surface area contributed by atoms with Gasteiger partial charge in [-0.25, -0.2) is 9.97 Å². The van der Waals surface area contributed by atoms with Gasteiger partial charge in [0.25, 0.3) is 0 Å². The molecule has 3 heterocycles. The molecule has 0 spiro atoms. The molecule has 48 heavy (non-hydrogen) atoms. The largest absolute Gasteiger partial charge is 0.325 e. The molecule has 7 rings (SSSR count). The van der Waals surface area contributed by atoms with Crippen molar-refractivity contribution < 1.29 is 9.59 Å². The number of anilines is 2. The van der Waals surface area contributed by atoms with Gasteiger partial charge in [-0.3, -0.25) is 24.5 Å². The molecule has 2 aromatic heterocycles. The normalized spacial score (nSPS) is 14.6. The number of aromatic nitrogens is 4. The number of rotatable bonds is 8. The molecular weight excluding hydrogens is 600 g/mol. The molecule has 2 unspecified atom stereocenters. The summed E-state index contributed by atoms with van der Waals surface area (Å²) in [5.74, 6) is -2.23. The number of nitrogens with zero attached hydrogens (tertiary/aromatic N) is 6. The molecule has 10 heteroatoms. The van der Waals surface area contributed by atoms with E-state index in [4.69, 9.17) is 9.97 Å². The summed E-state index contributed by atoms with van der Waals surface area (Å²) >= 11 is 0. The van der Waals surface area contributed by atoms with Crippen LogP contribution in [0.25, 0.3) is 44.6 Å². The second kappa shape index (κ2) is 13.7. The Balaban J connectivity index is 1.12. The van der Waals surface area contributed by atoms with Crippen LogP contribution in [0.1, 0.15) is 19.3 Å². The molecule has 1 aliphatic heterocycles. The van der Waals surface area contributed by atoms with Crippen molar-refractivity contribution in [3.8, 4) is 28.6 Å². The number of para-hydroxylation sites is 4. The van der Waals surface area contributed by atoms with E-state index in [1.54, 1.807) is 30.6 Å². The second-order valence-electron chi connectivity index (χ2n) is 11.8. The third-order valence-corrected chi connectivity index (χ3v) is 8.54. The lowest BCUT2D eigenvalue weighted by atomic mass is 9.95. The summed E-state index contributed by atoms with van der Waals surface area (Å²) in [6.07, 6.45) is 6.20. The molecule has 0 radical (unpaired) electrons. The van der Waals surface area contributed by atoms with Gasteiger partial charge in [0.15, 0.2) is 0 Å². The van der Waals surface area contributed by atoms with Gasteiger partial charge in [-0.15, -0.1) is 0 Å². The quantitative estimate of drug-likeness (QED) is 0.195. The van der Waals surface area contributed by atoms with E-state index in [1.165, 1.54) is 0 Å². The first-order chi connectivity index (χ1) is 23.6. The molecule has 236 valence electrons. The standard InChI is InChI=1S/C38H32N8O2/c39-22-29(37(47)42-27-12-8-10-25(20-27)34-23-40-30-14-2-4-16-32(30)44-34)36(46-18-6-1-7-19-46)38(48)43-28-13-9-11-26(21-28)35-24-41-31-15-3-5-17-33(31)45-35/h2-5,8-17,20-21,23-24,29,36H,1,6-7,18-19H2,(H,42,47)(H,43,48). The van der Waals surface area contributed by atoms with Crippen LogP contribution in [0.15, 0.2) is 109 Å². The Kier molecular flexibility index (Phi) is 8.76. The first-order valence-electron chi connectivity index (χ1n) is 16.0. The lowest BCUT2D eigenvalue weighted by Crippen LogP contribution is -2.53. The third kappa shape index (κ3) is 6.58.